The van der Waals surface area contributed by atoms with Crippen LogP contribution in [0.4, 0.5) is 27.5 Å². The van der Waals surface area contributed by atoms with Crippen molar-refractivity contribution in [1.29, 1.82) is 0 Å². The number of hydrogen-bond donors (Lipinski definition) is 8. The number of benzene rings is 6. The molecule has 8 N–H and O–H groups in total. The van der Waals surface area contributed by atoms with Gasteiger partial charge in [-0.1, -0.05) is 24.3 Å². The summed E-state index contributed by atoms with van der Waals surface area (Å²) >= 11 is 0. The van der Waals surface area contributed by atoms with Gasteiger partial charge in [-0.2, -0.15) is 16.8 Å². The Morgan fingerprint density at radius 1 is 0.500 bits per heavy atom. The van der Waals surface area contributed by atoms with Gasteiger partial charge >= 0.3 is 6.03 Å². The van der Waals surface area contributed by atoms with Gasteiger partial charge in [-0.3, -0.25) is 18.7 Å². The van der Waals surface area contributed by atoms with Crippen LogP contribution in [0.3, 0.4) is 0 Å². The Kier molecular flexibility index (Phi) is 9.74. The Bertz CT molecular complexity index is 2600. The maximum absolute atomic E-state index is 13.2. The van der Waals surface area contributed by atoms with Gasteiger partial charge in [-0.15, -0.1) is 0 Å². The van der Waals surface area contributed by atoms with Gasteiger partial charge in [0.05, 0.1) is 11.4 Å². The maximum atomic E-state index is 13.2. The van der Waals surface area contributed by atoms with Crippen LogP contribution in [0.15, 0.2) is 107 Å². The molecule has 0 spiro atoms. The zero-order chi connectivity index (χ0) is 39.1. The van der Waals surface area contributed by atoms with Crippen molar-refractivity contribution in [3.63, 3.8) is 0 Å². The highest BCUT2D eigenvalue weighted by atomic mass is 32.2. The number of aryl methyl sites for hydroxylation is 2. The molecule has 0 fully saturated rings. The number of carbonyl (C=O) groups excluding carboxylic acids is 3. The van der Waals surface area contributed by atoms with Crippen LogP contribution in [0.5, 0.6) is 11.5 Å². The van der Waals surface area contributed by atoms with Crippen molar-refractivity contribution >= 4 is 82.4 Å². The summed E-state index contributed by atoms with van der Waals surface area (Å²) in [7, 11) is -9.24. The van der Waals surface area contributed by atoms with E-state index in [0.717, 1.165) is 24.3 Å². The number of nitrogens with one attached hydrogen (secondary N) is 4. The molecule has 276 valence electrons. The molecule has 0 aromatic heterocycles. The normalized spacial score (nSPS) is 11.6. The van der Waals surface area contributed by atoms with Crippen LogP contribution in [0.2, 0.25) is 0 Å². The number of phenolic OH excluding ortho intramolecular Hbond substituents is 2. The maximum Gasteiger partial charge on any atom is 0.323 e. The predicted molar refractivity (Wildman–Crippen MR) is 202 cm³/mol. The first-order chi connectivity index (χ1) is 25.4. The highest BCUT2D eigenvalue weighted by Crippen LogP contribution is 2.37. The molecule has 15 nitrogen and oxygen atoms in total. The SMILES string of the molecule is Cc1cc(C(=O)Nc2cccc3c(S(=O)(=O)O)ccc(O)c23)ccc1NC(=O)Nc1ccc(C(=O)Nc2cccc3c(S(=O)(=O)O)ccc(O)c23)cc1C. The second-order valence-corrected chi connectivity index (χ2v) is 14.9. The fourth-order valence-corrected chi connectivity index (χ4v) is 7.31. The summed E-state index contributed by atoms with van der Waals surface area (Å²) in [6, 6.07) is 21.2. The van der Waals surface area contributed by atoms with Gasteiger partial charge < -0.3 is 31.5 Å². The van der Waals surface area contributed by atoms with E-state index >= 15 is 0 Å². The van der Waals surface area contributed by atoms with Gasteiger partial charge in [-0.25, -0.2) is 4.79 Å². The molecule has 0 heterocycles. The fraction of sp³-hybridized carbons (Fsp3) is 0.0541. The fourth-order valence-electron chi connectivity index (χ4n) is 5.94. The third-order valence-corrected chi connectivity index (χ3v) is 10.3. The van der Waals surface area contributed by atoms with E-state index in [1.165, 1.54) is 72.8 Å². The second kappa shape index (κ2) is 14.1. The molecule has 6 aromatic carbocycles. The molecule has 0 aliphatic heterocycles. The first kappa shape index (κ1) is 37.2. The van der Waals surface area contributed by atoms with E-state index in [0.29, 0.717) is 22.5 Å². The summed E-state index contributed by atoms with van der Waals surface area (Å²) < 4.78 is 66.6. The van der Waals surface area contributed by atoms with Crippen LogP contribution in [0, 0.1) is 13.8 Å². The predicted octanol–water partition coefficient (Wildman–Crippen LogP) is 6.66. The summed E-state index contributed by atoms with van der Waals surface area (Å²) in [4.78, 5) is 38.5. The Hall–Kier alpha value is -6.53. The standard InChI is InChI=1S/C37H30N4O11S2/c1-19-17-21(35(44)38-27-7-3-5-23-31(53(47,48)49)15-13-29(42)33(23)27)9-11-25(19)40-37(46)41-26-12-10-22(18-20(26)2)36(45)39-28-8-4-6-24-32(54(50,51)52)16-14-30(43)34(24)28/h3-18,42-43H,1-2H3,(H,38,44)(H,39,45)(H2,40,41,46)(H,47,48,49)(H,50,51,52). The minimum Gasteiger partial charge on any atom is -0.507 e. The average molecular weight is 771 g/mol. The minimum absolute atomic E-state index is 0.00592. The van der Waals surface area contributed by atoms with Crippen LogP contribution in [-0.2, 0) is 20.2 Å². The van der Waals surface area contributed by atoms with Gasteiger partial charge in [0, 0.05) is 44.0 Å². The van der Waals surface area contributed by atoms with E-state index in [1.807, 2.05) is 0 Å². The number of anilines is 4. The quantitative estimate of drug-likeness (QED) is 0.0760. The van der Waals surface area contributed by atoms with Crippen molar-refractivity contribution in [2.45, 2.75) is 23.6 Å². The largest absolute Gasteiger partial charge is 0.507 e. The molecule has 17 heteroatoms. The third kappa shape index (κ3) is 7.50. The molecule has 6 aromatic rings. The van der Waals surface area contributed by atoms with Crippen molar-refractivity contribution in [3.8, 4) is 11.5 Å². The van der Waals surface area contributed by atoms with Gasteiger partial charge in [0.15, 0.2) is 0 Å². The first-order valence-corrected chi connectivity index (χ1v) is 18.7. The highest BCUT2D eigenvalue weighted by Gasteiger charge is 2.21. The van der Waals surface area contributed by atoms with E-state index in [1.54, 1.807) is 13.8 Å². The topological polar surface area (TPSA) is 249 Å². The molecule has 0 aliphatic carbocycles. The zero-order valence-electron chi connectivity index (χ0n) is 28.2. The number of aromatic hydroxyl groups is 2. The molecule has 0 saturated heterocycles. The summed E-state index contributed by atoms with van der Waals surface area (Å²) in [5, 5.41) is 31.6. The Morgan fingerprint density at radius 2 is 0.889 bits per heavy atom. The number of amides is 4. The van der Waals surface area contributed by atoms with Gasteiger partial charge in [-0.05, 0) is 97.8 Å². The number of rotatable bonds is 8. The van der Waals surface area contributed by atoms with Gasteiger partial charge in [0.2, 0.25) is 0 Å². The molecule has 0 aliphatic rings. The lowest BCUT2D eigenvalue weighted by Gasteiger charge is -2.15. The smallest absolute Gasteiger partial charge is 0.323 e. The van der Waals surface area contributed by atoms with E-state index in [9.17, 15) is 50.5 Å². The van der Waals surface area contributed by atoms with Crippen LogP contribution in [-0.4, -0.2) is 54.0 Å². The zero-order valence-corrected chi connectivity index (χ0v) is 29.8. The molecule has 0 saturated carbocycles. The number of urea groups is 1. The summed E-state index contributed by atoms with van der Waals surface area (Å²) in [6.45, 7) is 3.32. The number of carbonyl (C=O) groups is 3. The molecule has 4 amide bonds. The molecular formula is C37H30N4O11S2. The van der Waals surface area contributed by atoms with Crippen molar-refractivity contribution in [3.05, 3.63) is 119 Å². The number of hydrogen-bond acceptors (Lipinski definition) is 9. The van der Waals surface area contributed by atoms with Gasteiger partial charge in [0.1, 0.15) is 21.3 Å². The molecule has 6 rings (SSSR count). The van der Waals surface area contributed by atoms with Crippen LogP contribution in [0.1, 0.15) is 31.8 Å². The van der Waals surface area contributed by atoms with Gasteiger partial charge in [0.25, 0.3) is 32.1 Å². The Labute approximate surface area is 307 Å². The van der Waals surface area contributed by atoms with Crippen LogP contribution >= 0.6 is 0 Å². The lowest BCUT2D eigenvalue weighted by atomic mass is 10.1. The lowest BCUT2D eigenvalue weighted by molar-refractivity contribution is 0.101. The minimum atomic E-state index is -4.62. The first-order valence-electron chi connectivity index (χ1n) is 15.8. The molecule has 0 atom stereocenters. The van der Waals surface area contributed by atoms with E-state index in [4.69, 9.17) is 0 Å². The Balaban J connectivity index is 1.13. The summed E-state index contributed by atoms with van der Waals surface area (Å²) in [6.07, 6.45) is 0. The lowest BCUT2D eigenvalue weighted by Crippen LogP contribution is -2.21. The van der Waals surface area contributed by atoms with E-state index in [2.05, 4.69) is 21.3 Å². The molecular weight excluding hydrogens is 741 g/mol. The van der Waals surface area contributed by atoms with Crippen LogP contribution in [0.25, 0.3) is 21.5 Å². The van der Waals surface area contributed by atoms with Crippen molar-refractivity contribution in [1.82, 2.24) is 0 Å². The molecule has 0 bridgehead atoms. The summed E-state index contributed by atoms with van der Waals surface area (Å²) in [5.41, 5.74) is 2.33. The average Bonchev–Trinajstić information content (AvgIpc) is 3.09. The summed E-state index contributed by atoms with van der Waals surface area (Å²) in [5.74, 6) is -1.83. The monoisotopic (exact) mass is 770 g/mol. The van der Waals surface area contributed by atoms with E-state index in [-0.39, 0.29) is 55.5 Å². The highest BCUT2D eigenvalue weighted by molar-refractivity contribution is 7.86. The van der Waals surface area contributed by atoms with Crippen molar-refractivity contribution in [2.75, 3.05) is 21.3 Å². The van der Waals surface area contributed by atoms with Crippen molar-refractivity contribution in [2.24, 2.45) is 0 Å². The number of phenols is 2. The van der Waals surface area contributed by atoms with Crippen LogP contribution < -0.4 is 21.3 Å². The Morgan fingerprint density at radius 3 is 1.24 bits per heavy atom. The number of fused-ring (bicyclic) bond motifs is 2. The molecule has 0 unspecified atom stereocenters. The van der Waals surface area contributed by atoms with Crippen molar-refractivity contribution < 1.29 is 50.5 Å². The third-order valence-electron chi connectivity index (χ3n) is 8.48. The van der Waals surface area contributed by atoms with E-state index < -0.39 is 47.9 Å². The molecule has 54 heavy (non-hydrogen) atoms. The molecule has 0 radical (unpaired) electrons. The second-order valence-electron chi connectivity index (χ2n) is 12.1.